The number of rotatable bonds is 5. The Bertz CT molecular complexity index is 169. The molecule has 0 spiro atoms. The molecule has 5 heteroatoms. The average Bonchev–Trinajstić information content (AvgIpc) is 2.00. The van der Waals surface area contributed by atoms with Crippen LogP contribution in [0.5, 0.6) is 0 Å². The molecule has 0 fully saturated rings. The van der Waals surface area contributed by atoms with Crippen LogP contribution in [0.15, 0.2) is 0 Å². The van der Waals surface area contributed by atoms with Gasteiger partial charge in [0.15, 0.2) is 0 Å². The summed E-state index contributed by atoms with van der Waals surface area (Å²) in [7, 11) is 0. The maximum Gasteiger partial charge on any atom is 0.321 e. The van der Waals surface area contributed by atoms with E-state index in [9.17, 15) is 9.59 Å². The highest BCUT2D eigenvalue weighted by Gasteiger charge is 2.16. The molecule has 5 nitrogen and oxygen atoms in total. The van der Waals surface area contributed by atoms with Crippen LogP contribution in [0.4, 0.5) is 0 Å². The van der Waals surface area contributed by atoms with Gasteiger partial charge in [-0.3, -0.25) is 9.59 Å². The summed E-state index contributed by atoms with van der Waals surface area (Å²) in [5.41, 5.74) is 5.09. The monoisotopic (exact) mass is 175 g/mol. The summed E-state index contributed by atoms with van der Waals surface area (Å²) in [6.07, 6.45) is 0.448. The van der Waals surface area contributed by atoms with E-state index in [1.807, 2.05) is 6.92 Å². The molecule has 0 aliphatic rings. The SMILES string of the molecule is CCCOC(=O)C[C@H](N)C(=O)O. The van der Waals surface area contributed by atoms with Gasteiger partial charge in [-0.15, -0.1) is 0 Å². The number of esters is 1. The lowest BCUT2D eigenvalue weighted by molar-refractivity contribution is -0.148. The van der Waals surface area contributed by atoms with E-state index in [1.165, 1.54) is 0 Å². The molecule has 70 valence electrons. The van der Waals surface area contributed by atoms with Crippen molar-refractivity contribution in [2.24, 2.45) is 5.73 Å². The van der Waals surface area contributed by atoms with Crippen LogP contribution in [0, 0.1) is 0 Å². The largest absolute Gasteiger partial charge is 0.480 e. The molecule has 0 saturated carbocycles. The van der Waals surface area contributed by atoms with Gasteiger partial charge in [0, 0.05) is 0 Å². The van der Waals surface area contributed by atoms with Crippen molar-refractivity contribution in [3.05, 3.63) is 0 Å². The lowest BCUT2D eigenvalue weighted by Crippen LogP contribution is -2.33. The van der Waals surface area contributed by atoms with Gasteiger partial charge in [0.25, 0.3) is 0 Å². The number of aliphatic carboxylic acids is 1. The van der Waals surface area contributed by atoms with Gasteiger partial charge in [0.1, 0.15) is 6.04 Å². The molecule has 0 radical (unpaired) electrons. The first kappa shape index (κ1) is 10.9. The van der Waals surface area contributed by atoms with E-state index < -0.39 is 18.0 Å². The zero-order valence-corrected chi connectivity index (χ0v) is 6.95. The van der Waals surface area contributed by atoms with E-state index in [4.69, 9.17) is 10.8 Å². The lowest BCUT2D eigenvalue weighted by atomic mass is 10.2. The Morgan fingerprint density at radius 1 is 1.58 bits per heavy atom. The van der Waals surface area contributed by atoms with Crippen molar-refractivity contribution in [1.29, 1.82) is 0 Å². The predicted octanol–water partition coefficient (Wildman–Crippen LogP) is -0.258. The van der Waals surface area contributed by atoms with Gasteiger partial charge >= 0.3 is 11.9 Å². The van der Waals surface area contributed by atoms with Gasteiger partial charge in [-0.2, -0.15) is 0 Å². The molecule has 0 aliphatic carbocycles. The molecule has 3 N–H and O–H groups in total. The molecule has 0 heterocycles. The molecule has 0 unspecified atom stereocenters. The van der Waals surface area contributed by atoms with E-state index in [0.717, 1.165) is 0 Å². The third kappa shape index (κ3) is 4.68. The van der Waals surface area contributed by atoms with Crippen LogP contribution in [0.1, 0.15) is 19.8 Å². The minimum Gasteiger partial charge on any atom is -0.480 e. The number of carboxylic acid groups (broad SMARTS) is 1. The molecule has 0 aliphatic heterocycles. The molecule has 0 aromatic carbocycles. The molecule has 0 amide bonds. The summed E-state index contributed by atoms with van der Waals surface area (Å²) in [6, 6.07) is -1.16. The summed E-state index contributed by atoms with van der Waals surface area (Å²) in [6.45, 7) is 2.16. The minimum atomic E-state index is -1.19. The van der Waals surface area contributed by atoms with Gasteiger partial charge in [-0.25, -0.2) is 0 Å². The van der Waals surface area contributed by atoms with Gasteiger partial charge in [0.05, 0.1) is 13.0 Å². The number of carbonyl (C=O) groups excluding carboxylic acids is 1. The topological polar surface area (TPSA) is 89.6 Å². The highest BCUT2D eigenvalue weighted by atomic mass is 16.5. The van der Waals surface area contributed by atoms with Crippen LogP contribution in [-0.2, 0) is 14.3 Å². The summed E-state index contributed by atoms with van der Waals surface area (Å²) in [4.78, 5) is 20.9. The smallest absolute Gasteiger partial charge is 0.321 e. The van der Waals surface area contributed by atoms with Crippen molar-refractivity contribution < 1.29 is 19.4 Å². The fourth-order valence-corrected chi connectivity index (χ4v) is 0.542. The second-order valence-corrected chi connectivity index (χ2v) is 2.37. The summed E-state index contributed by atoms with van der Waals surface area (Å²) in [5.74, 6) is -1.75. The van der Waals surface area contributed by atoms with Crippen molar-refractivity contribution in [2.75, 3.05) is 6.61 Å². The Kier molecular flexibility index (Phi) is 5.03. The molecule has 12 heavy (non-hydrogen) atoms. The maximum absolute atomic E-state index is 10.8. The average molecular weight is 175 g/mol. The van der Waals surface area contributed by atoms with Crippen LogP contribution < -0.4 is 5.73 Å². The Morgan fingerprint density at radius 3 is 2.58 bits per heavy atom. The number of ether oxygens (including phenoxy) is 1. The second kappa shape index (κ2) is 5.54. The summed E-state index contributed by atoms with van der Waals surface area (Å²) in [5, 5.41) is 8.32. The minimum absolute atomic E-state index is 0.269. The third-order valence-electron chi connectivity index (χ3n) is 1.17. The number of hydrogen-bond acceptors (Lipinski definition) is 4. The molecule has 1 atom stereocenters. The lowest BCUT2D eigenvalue weighted by Gasteiger charge is -2.05. The fraction of sp³-hybridized carbons (Fsp3) is 0.714. The van der Waals surface area contributed by atoms with E-state index >= 15 is 0 Å². The van der Waals surface area contributed by atoms with E-state index in [2.05, 4.69) is 4.74 Å². The number of hydrogen-bond donors (Lipinski definition) is 2. The first-order chi connectivity index (χ1) is 5.57. The van der Waals surface area contributed by atoms with E-state index in [-0.39, 0.29) is 6.42 Å². The highest BCUT2D eigenvalue weighted by molar-refractivity contribution is 5.81. The molecule has 0 bridgehead atoms. The van der Waals surface area contributed by atoms with Crippen molar-refractivity contribution in [3.63, 3.8) is 0 Å². The number of nitrogens with two attached hydrogens (primary N) is 1. The molecule has 0 saturated heterocycles. The van der Waals surface area contributed by atoms with Crippen molar-refractivity contribution in [2.45, 2.75) is 25.8 Å². The number of carbonyl (C=O) groups is 2. The van der Waals surface area contributed by atoms with Crippen molar-refractivity contribution in [1.82, 2.24) is 0 Å². The highest BCUT2D eigenvalue weighted by Crippen LogP contribution is 1.93. The van der Waals surface area contributed by atoms with Gasteiger partial charge in [-0.05, 0) is 6.42 Å². The predicted molar refractivity (Wildman–Crippen MR) is 41.5 cm³/mol. The van der Waals surface area contributed by atoms with Crippen LogP contribution in [0.3, 0.4) is 0 Å². The third-order valence-corrected chi connectivity index (χ3v) is 1.17. The zero-order valence-electron chi connectivity index (χ0n) is 6.95. The molecule has 0 aromatic rings. The van der Waals surface area contributed by atoms with Crippen LogP contribution in [0.25, 0.3) is 0 Å². The van der Waals surface area contributed by atoms with Gasteiger partial charge in [0.2, 0.25) is 0 Å². The summed E-state index contributed by atoms with van der Waals surface area (Å²) >= 11 is 0. The fourth-order valence-electron chi connectivity index (χ4n) is 0.542. The first-order valence-corrected chi connectivity index (χ1v) is 3.72. The number of carboxylic acids is 1. The standard InChI is InChI=1S/C7H13NO4/c1-2-3-12-6(9)4-5(8)7(10)11/h5H,2-4,8H2,1H3,(H,10,11)/t5-/m0/s1. The Hall–Kier alpha value is -1.10. The van der Waals surface area contributed by atoms with Crippen LogP contribution >= 0.6 is 0 Å². The van der Waals surface area contributed by atoms with Crippen LogP contribution in [-0.4, -0.2) is 29.7 Å². The Labute approximate surface area is 70.5 Å². The zero-order chi connectivity index (χ0) is 9.56. The molecular formula is C7H13NO4. The van der Waals surface area contributed by atoms with Crippen LogP contribution in [0.2, 0.25) is 0 Å². The van der Waals surface area contributed by atoms with E-state index in [0.29, 0.717) is 13.0 Å². The van der Waals surface area contributed by atoms with E-state index in [1.54, 1.807) is 0 Å². The quantitative estimate of drug-likeness (QED) is 0.562. The Balaban J connectivity index is 3.61. The van der Waals surface area contributed by atoms with Crippen molar-refractivity contribution in [3.8, 4) is 0 Å². The second-order valence-electron chi connectivity index (χ2n) is 2.37. The molecular weight excluding hydrogens is 162 g/mol. The van der Waals surface area contributed by atoms with Gasteiger partial charge in [-0.1, -0.05) is 6.92 Å². The van der Waals surface area contributed by atoms with Crippen molar-refractivity contribution >= 4 is 11.9 Å². The summed E-state index contributed by atoms with van der Waals surface area (Å²) < 4.78 is 4.63. The maximum atomic E-state index is 10.8. The molecule has 0 aromatic heterocycles. The van der Waals surface area contributed by atoms with Gasteiger partial charge < -0.3 is 15.6 Å². The Morgan fingerprint density at radius 2 is 2.17 bits per heavy atom. The molecule has 0 rings (SSSR count). The first-order valence-electron chi connectivity index (χ1n) is 3.72. The normalized spacial score (nSPS) is 12.2.